The SMILES string of the molecule is CC/C=C\C/C=C\C/C=C\C/C=C\C/C=C\CCCCCCCCCC(=O)OC(COCCCCCCCC/C=C\C/C=C\CCCCC)COC1OC(COC2OC(CO)C(O)C(O)C2O)C(O)C(O)C1O. The molecular weight excluding hydrogens is 933 g/mol. The number of aliphatic hydroxyl groups excluding tert-OH is 7. The molecule has 2 saturated heterocycles. The molecule has 0 aromatic carbocycles. The molecule has 73 heavy (non-hydrogen) atoms. The summed E-state index contributed by atoms with van der Waals surface area (Å²) >= 11 is 0. The lowest BCUT2D eigenvalue weighted by atomic mass is 9.98. The molecule has 0 amide bonds. The van der Waals surface area contributed by atoms with Crippen molar-refractivity contribution in [1.82, 2.24) is 0 Å². The Hall–Kier alpha value is -2.83. The van der Waals surface area contributed by atoms with Gasteiger partial charge in [0, 0.05) is 13.0 Å². The monoisotopic (exact) mass is 1030 g/mol. The molecule has 7 N–H and O–H groups in total. The smallest absolute Gasteiger partial charge is 0.306 e. The molecule has 0 aromatic rings. The third-order valence-electron chi connectivity index (χ3n) is 12.9. The highest BCUT2D eigenvalue weighted by Crippen LogP contribution is 2.26. The molecule has 0 radical (unpaired) electrons. The van der Waals surface area contributed by atoms with Crippen molar-refractivity contribution in [2.24, 2.45) is 0 Å². The zero-order valence-corrected chi connectivity index (χ0v) is 44.8. The van der Waals surface area contributed by atoms with Crippen LogP contribution in [0.5, 0.6) is 0 Å². The third-order valence-corrected chi connectivity index (χ3v) is 12.9. The molecule has 0 bridgehead atoms. The number of unbranched alkanes of at least 4 members (excludes halogenated alkanes) is 16. The highest BCUT2D eigenvalue weighted by atomic mass is 16.7. The minimum Gasteiger partial charge on any atom is -0.457 e. The first kappa shape index (κ1) is 66.3. The highest BCUT2D eigenvalue weighted by molar-refractivity contribution is 5.69. The Kier molecular flexibility index (Phi) is 41.2. The molecule has 0 aromatic heterocycles. The van der Waals surface area contributed by atoms with Crippen molar-refractivity contribution in [3.63, 3.8) is 0 Å². The van der Waals surface area contributed by atoms with E-state index < -0.39 is 86.7 Å². The molecule has 14 nitrogen and oxygen atoms in total. The lowest BCUT2D eigenvalue weighted by molar-refractivity contribution is -0.332. The Morgan fingerprint density at radius 3 is 1.40 bits per heavy atom. The lowest BCUT2D eigenvalue weighted by Gasteiger charge is -2.42. The van der Waals surface area contributed by atoms with Gasteiger partial charge in [0.2, 0.25) is 0 Å². The van der Waals surface area contributed by atoms with Crippen molar-refractivity contribution in [3.05, 3.63) is 85.1 Å². The summed E-state index contributed by atoms with van der Waals surface area (Å²) < 4.78 is 34.3. The van der Waals surface area contributed by atoms with Gasteiger partial charge in [0.1, 0.15) is 54.9 Å². The van der Waals surface area contributed by atoms with E-state index in [1.54, 1.807) is 0 Å². The van der Waals surface area contributed by atoms with Gasteiger partial charge in [-0.05, 0) is 89.9 Å². The Labute approximate surface area is 439 Å². The molecule has 2 heterocycles. The molecule has 11 unspecified atom stereocenters. The summed E-state index contributed by atoms with van der Waals surface area (Å²) in [5.41, 5.74) is 0. The van der Waals surface area contributed by atoms with Crippen LogP contribution in [0.15, 0.2) is 85.1 Å². The number of carbonyl (C=O) groups excluding carboxylic acids is 1. The van der Waals surface area contributed by atoms with Crippen LogP contribution in [0.3, 0.4) is 0 Å². The van der Waals surface area contributed by atoms with Gasteiger partial charge in [-0.1, -0.05) is 170 Å². The molecule has 420 valence electrons. The Morgan fingerprint density at radius 1 is 0.466 bits per heavy atom. The van der Waals surface area contributed by atoms with E-state index in [0.717, 1.165) is 109 Å². The van der Waals surface area contributed by atoms with Crippen molar-refractivity contribution < 1.29 is 69.0 Å². The fourth-order valence-electron chi connectivity index (χ4n) is 8.34. The van der Waals surface area contributed by atoms with Crippen molar-refractivity contribution in [2.75, 3.05) is 33.0 Å². The van der Waals surface area contributed by atoms with Crippen molar-refractivity contribution >= 4 is 5.97 Å². The number of hydrogen-bond acceptors (Lipinski definition) is 14. The van der Waals surface area contributed by atoms with Crippen LogP contribution in [0.25, 0.3) is 0 Å². The van der Waals surface area contributed by atoms with Crippen LogP contribution in [-0.2, 0) is 33.2 Å². The van der Waals surface area contributed by atoms with E-state index in [1.807, 2.05) is 0 Å². The first-order valence-corrected chi connectivity index (χ1v) is 28.2. The van der Waals surface area contributed by atoms with Gasteiger partial charge in [-0.2, -0.15) is 0 Å². The predicted molar refractivity (Wildman–Crippen MR) is 288 cm³/mol. The molecule has 2 aliphatic heterocycles. The quantitative estimate of drug-likeness (QED) is 0.0172. The number of hydrogen-bond donors (Lipinski definition) is 7. The van der Waals surface area contributed by atoms with E-state index in [4.69, 9.17) is 28.4 Å². The predicted octanol–water partition coefficient (Wildman–Crippen LogP) is 9.63. The van der Waals surface area contributed by atoms with Crippen LogP contribution in [-0.4, -0.2) is 142 Å². The summed E-state index contributed by atoms with van der Waals surface area (Å²) in [5, 5.41) is 72.3. The van der Waals surface area contributed by atoms with Gasteiger partial charge in [-0.25, -0.2) is 0 Å². The minimum atomic E-state index is -1.72. The normalized spacial score (nSPS) is 25.6. The van der Waals surface area contributed by atoms with Gasteiger partial charge in [-0.3, -0.25) is 4.79 Å². The van der Waals surface area contributed by atoms with Crippen LogP contribution >= 0.6 is 0 Å². The van der Waals surface area contributed by atoms with Gasteiger partial charge in [0.25, 0.3) is 0 Å². The Balaban J connectivity index is 1.74. The van der Waals surface area contributed by atoms with Gasteiger partial charge >= 0.3 is 5.97 Å². The maximum atomic E-state index is 13.1. The van der Waals surface area contributed by atoms with Crippen LogP contribution in [0.4, 0.5) is 0 Å². The topological polar surface area (TPSA) is 214 Å². The maximum Gasteiger partial charge on any atom is 0.306 e. The largest absolute Gasteiger partial charge is 0.457 e. The van der Waals surface area contributed by atoms with Crippen molar-refractivity contribution in [2.45, 2.75) is 248 Å². The van der Waals surface area contributed by atoms with E-state index >= 15 is 0 Å². The number of esters is 1. The number of aliphatic hydroxyl groups is 7. The summed E-state index contributed by atoms with van der Waals surface area (Å²) in [6.07, 6.45) is 42.0. The standard InChI is InChI=1S/C59H100O14/c1-3-5-7-9-11-13-15-17-19-21-22-23-24-25-26-27-28-30-32-34-36-38-40-42-51(61)71-48(45-68-43-41-39-37-35-33-31-29-20-18-16-14-12-10-8-6-4-2)46-69-58-57(67)55(65)53(63)50(73-58)47-70-59-56(66)54(64)52(62)49(44-60)72-59/h5,7,11-14,17-20,22-23,25-26,48-50,52-60,62-67H,3-4,6,8-10,15-16,21,24,27-47H2,1-2H3/b7-5-,13-11-,14-12-,19-17-,20-18-,23-22-,26-25-. The number of ether oxygens (including phenoxy) is 6. The highest BCUT2D eigenvalue weighted by Gasteiger charge is 2.47. The molecular formula is C59H100O14. The van der Waals surface area contributed by atoms with Crippen molar-refractivity contribution in [3.8, 4) is 0 Å². The van der Waals surface area contributed by atoms with E-state index in [9.17, 15) is 40.5 Å². The van der Waals surface area contributed by atoms with E-state index in [0.29, 0.717) is 13.0 Å². The molecule has 14 heteroatoms. The molecule has 11 atom stereocenters. The van der Waals surface area contributed by atoms with Gasteiger partial charge < -0.3 is 64.2 Å². The number of carbonyl (C=O) groups is 1. The van der Waals surface area contributed by atoms with E-state index in [1.165, 1.54) is 44.9 Å². The first-order valence-electron chi connectivity index (χ1n) is 28.2. The van der Waals surface area contributed by atoms with E-state index in [-0.39, 0.29) is 19.6 Å². The van der Waals surface area contributed by atoms with Crippen LogP contribution in [0.2, 0.25) is 0 Å². The second-order valence-corrected chi connectivity index (χ2v) is 19.4. The van der Waals surface area contributed by atoms with E-state index in [2.05, 4.69) is 98.9 Å². The average molecular weight is 1030 g/mol. The maximum absolute atomic E-state index is 13.1. The third kappa shape index (κ3) is 32.4. The fraction of sp³-hybridized carbons (Fsp3) is 0.746. The van der Waals surface area contributed by atoms with Gasteiger partial charge in [0.05, 0.1) is 26.4 Å². The second kappa shape index (κ2) is 45.4. The summed E-state index contributed by atoms with van der Waals surface area (Å²) in [7, 11) is 0. The minimum absolute atomic E-state index is 0.0449. The molecule has 0 spiro atoms. The zero-order valence-electron chi connectivity index (χ0n) is 44.8. The lowest BCUT2D eigenvalue weighted by Crippen LogP contribution is -2.61. The second-order valence-electron chi connectivity index (χ2n) is 19.4. The molecule has 0 aliphatic carbocycles. The molecule has 2 fully saturated rings. The average Bonchev–Trinajstić information content (AvgIpc) is 3.39. The van der Waals surface area contributed by atoms with Crippen LogP contribution in [0.1, 0.15) is 181 Å². The molecule has 2 rings (SSSR count). The van der Waals surface area contributed by atoms with Crippen molar-refractivity contribution in [1.29, 1.82) is 0 Å². The number of rotatable bonds is 44. The van der Waals surface area contributed by atoms with Gasteiger partial charge in [-0.15, -0.1) is 0 Å². The summed E-state index contributed by atoms with van der Waals surface area (Å²) in [5.74, 6) is -0.394. The Bertz CT molecular complexity index is 1530. The summed E-state index contributed by atoms with van der Waals surface area (Å²) in [6.45, 7) is 3.50. The van der Waals surface area contributed by atoms with Gasteiger partial charge in [0.15, 0.2) is 12.6 Å². The van der Waals surface area contributed by atoms with Crippen LogP contribution in [0, 0.1) is 0 Å². The van der Waals surface area contributed by atoms with Crippen LogP contribution < -0.4 is 0 Å². The Morgan fingerprint density at radius 2 is 0.890 bits per heavy atom. The molecule has 2 aliphatic rings. The summed E-state index contributed by atoms with van der Waals surface area (Å²) in [4.78, 5) is 13.1. The summed E-state index contributed by atoms with van der Waals surface area (Å²) in [6, 6.07) is 0. The first-order chi connectivity index (χ1) is 35.6. The fourth-order valence-corrected chi connectivity index (χ4v) is 8.34. The molecule has 0 saturated carbocycles. The zero-order chi connectivity index (χ0) is 53.0. The number of allylic oxidation sites excluding steroid dienone is 14.